The second-order valence-electron chi connectivity index (χ2n) is 5.55. The number of carbonyl (C=O) groups excluding carboxylic acids is 1. The average molecular weight is 352 g/mol. The predicted molar refractivity (Wildman–Crippen MR) is 93.6 cm³/mol. The van der Waals surface area contributed by atoms with E-state index in [2.05, 4.69) is 21.5 Å². The van der Waals surface area contributed by atoms with E-state index < -0.39 is 6.10 Å². The summed E-state index contributed by atoms with van der Waals surface area (Å²) in [6, 6.07) is 7.34. The topological polar surface area (TPSA) is 64.9 Å². The molecule has 5 nitrogen and oxygen atoms in total. The Kier molecular flexibility index (Phi) is 5.38. The Hall–Kier alpha value is -1.34. The van der Waals surface area contributed by atoms with E-state index in [1.807, 2.05) is 12.1 Å². The first-order chi connectivity index (χ1) is 11.1. The van der Waals surface area contributed by atoms with Gasteiger partial charge in [-0.1, -0.05) is 41.6 Å². The normalized spacial score (nSPS) is 20.5. The van der Waals surface area contributed by atoms with E-state index in [0.29, 0.717) is 17.3 Å². The van der Waals surface area contributed by atoms with Crippen LogP contribution in [0.2, 0.25) is 5.02 Å². The molecule has 0 radical (unpaired) electrons. The molecule has 1 aromatic carbocycles. The summed E-state index contributed by atoms with van der Waals surface area (Å²) in [6.45, 7) is 2.19. The molecule has 2 aliphatic heterocycles. The Labute approximate surface area is 144 Å². The van der Waals surface area contributed by atoms with E-state index in [-0.39, 0.29) is 5.91 Å². The van der Waals surface area contributed by atoms with Crippen LogP contribution in [0.4, 0.5) is 0 Å². The second-order valence-corrected chi connectivity index (χ2v) is 6.95. The molecule has 0 bridgehead atoms. The molecular formula is C16H18ClN3O2S. The van der Waals surface area contributed by atoms with Gasteiger partial charge in [-0.25, -0.2) is 5.43 Å². The Morgan fingerprint density at radius 2 is 2.35 bits per heavy atom. The monoisotopic (exact) mass is 351 g/mol. The first kappa shape index (κ1) is 16.5. The number of hydrazone groups is 1. The maximum atomic E-state index is 11.1. The summed E-state index contributed by atoms with van der Waals surface area (Å²) in [4.78, 5) is 13.3. The molecule has 122 valence electrons. The van der Waals surface area contributed by atoms with Crippen LogP contribution < -0.4 is 5.43 Å². The maximum Gasteiger partial charge on any atom is 0.250 e. The molecule has 0 aromatic heterocycles. The SMILES string of the molecule is O=C1CSC(C2=CCN(CC(O)c3cccc(Cl)c3)CC2)=NN1. The fourth-order valence-electron chi connectivity index (χ4n) is 2.61. The van der Waals surface area contributed by atoms with Crippen LogP contribution in [0.1, 0.15) is 18.1 Å². The number of rotatable bonds is 4. The van der Waals surface area contributed by atoms with E-state index in [1.165, 1.54) is 17.3 Å². The highest BCUT2D eigenvalue weighted by atomic mass is 35.5. The molecule has 0 saturated carbocycles. The van der Waals surface area contributed by atoms with Crippen LogP contribution in [0.25, 0.3) is 0 Å². The first-order valence-electron chi connectivity index (χ1n) is 7.46. The third-order valence-electron chi connectivity index (χ3n) is 3.85. The Morgan fingerprint density at radius 1 is 1.48 bits per heavy atom. The van der Waals surface area contributed by atoms with Gasteiger partial charge >= 0.3 is 0 Å². The minimum absolute atomic E-state index is 0.0542. The number of β-amino-alcohol motifs (C(OH)–C–C–N with tert-alkyl or cyclic N) is 1. The van der Waals surface area contributed by atoms with Crippen molar-refractivity contribution < 1.29 is 9.90 Å². The Morgan fingerprint density at radius 3 is 3.00 bits per heavy atom. The molecule has 2 heterocycles. The zero-order valence-electron chi connectivity index (χ0n) is 12.5. The number of hydrogen-bond acceptors (Lipinski definition) is 5. The smallest absolute Gasteiger partial charge is 0.250 e. The van der Waals surface area contributed by atoms with Crippen LogP contribution in [0.3, 0.4) is 0 Å². The number of nitrogens with one attached hydrogen (secondary N) is 1. The van der Waals surface area contributed by atoms with E-state index in [1.54, 1.807) is 12.1 Å². The van der Waals surface area contributed by atoms with Gasteiger partial charge in [-0.3, -0.25) is 9.69 Å². The van der Waals surface area contributed by atoms with Crippen molar-refractivity contribution in [1.82, 2.24) is 10.3 Å². The van der Waals surface area contributed by atoms with Crippen molar-refractivity contribution in [1.29, 1.82) is 0 Å². The minimum Gasteiger partial charge on any atom is -0.387 e. The minimum atomic E-state index is -0.552. The Balaban J connectivity index is 1.57. The molecule has 1 unspecified atom stereocenters. The lowest BCUT2D eigenvalue weighted by Crippen LogP contribution is -2.34. The zero-order chi connectivity index (χ0) is 16.2. The fraction of sp³-hybridized carbons (Fsp3) is 0.375. The van der Waals surface area contributed by atoms with Crippen molar-refractivity contribution in [2.24, 2.45) is 5.10 Å². The van der Waals surface area contributed by atoms with E-state index >= 15 is 0 Å². The largest absolute Gasteiger partial charge is 0.387 e. The van der Waals surface area contributed by atoms with Crippen LogP contribution in [0, 0.1) is 0 Å². The summed E-state index contributed by atoms with van der Waals surface area (Å²) < 4.78 is 0. The van der Waals surface area contributed by atoms with Crippen LogP contribution in [-0.4, -0.2) is 46.3 Å². The number of halogens is 1. The van der Waals surface area contributed by atoms with Crippen molar-refractivity contribution >= 4 is 34.3 Å². The van der Waals surface area contributed by atoms with Gasteiger partial charge in [0.25, 0.3) is 5.91 Å². The van der Waals surface area contributed by atoms with Crippen LogP contribution >= 0.6 is 23.4 Å². The van der Waals surface area contributed by atoms with E-state index in [9.17, 15) is 9.90 Å². The fourth-order valence-corrected chi connectivity index (χ4v) is 3.62. The van der Waals surface area contributed by atoms with Crippen LogP contribution in [-0.2, 0) is 4.79 Å². The first-order valence-corrected chi connectivity index (χ1v) is 8.83. The summed E-state index contributed by atoms with van der Waals surface area (Å²) in [7, 11) is 0. The molecule has 0 aliphatic carbocycles. The number of carbonyl (C=O) groups is 1. The molecule has 2 N–H and O–H groups in total. The highest BCUT2D eigenvalue weighted by Crippen LogP contribution is 2.23. The number of nitrogens with zero attached hydrogens (tertiary/aromatic N) is 2. The molecule has 0 spiro atoms. The third-order valence-corrected chi connectivity index (χ3v) is 5.12. The van der Waals surface area contributed by atoms with Crippen LogP contribution in [0.15, 0.2) is 41.0 Å². The van der Waals surface area contributed by atoms with Gasteiger partial charge in [0.15, 0.2) is 0 Å². The van der Waals surface area contributed by atoms with Crippen molar-refractivity contribution in [3.63, 3.8) is 0 Å². The van der Waals surface area contributed by atoms with Crippen molar-refractivity contribution in [3.8, 4) is 0 Å². The third kappa shape index (κ3) is 4.35. The molecule has 0 saturated heterocycles. The summed E-state index contributed by atoms with van der Waals surface area (Å²) in [5, 5.41) is 16.0. The molecular weight excluding hydrogens is 334 g/mol. The molecule has 1 amide bonds. The van der Waals surface area contributed by atoms with Gasteiger partial charge in [0.05, 0.1) is 11.9 Å². The number of thioether (sulfide) groups is 1. The van der Waals surface area contributed by atoms with E-state index in [4.69, 9.17) is 11.6 Å². The summed E-state index contributed by atoms with van der Waals surface area (Å²) >= 11 is 7.45. The van der Waals surface area contributed by atoms with Gasteiger partial charge in [0, 0.05) is 24.7 Å². The molecule has 23 heavy (non-hydrogen) atoms. The standard InChI is InChI=1S/C16H18ClN3O2S/c17-13-3-1-2-12(8-13)14(21)9-20-6-4-11(5-7-20)16-19-18-15(22)10-23-16/h1-4,8,14,21H,5-7,9-10H2,(H,18,22). The molecule has 1 aromatic rings. The van der Waals surface area contributed by atoms with Crippen LogP contribution in [0.5, 0.6) is 0 Å². The summed E-state index contributed by atoms with van der Waals surface area (Å²) in [6.07, 6.45) is 2.44. The maximum absolute atomic E-state index is 11.1. The van der Waals surface area contributed by atoms with Gasteiger partial charge in [0.2, 0.25) is 0 Å². The lowest BCUT2D eigenvalue weighted by Gasteiger charge is -2.29. The van der Waals surface area contributed by atoms with Gasteiger partial charge in [-0.05, 0) is 29.7 Å². The second kappa shape index (κ2) is 7.49. The summed E-state index contributed by atoms with van der Waals surface area (Å²) in [5.74, 6) is 0.370. The quantitative estimate of drug-likeness (QED) is 0.872. The lowest BCUT2D eigenvalue weighted by atomic mass is 10.1. The highest BCUT2D eigenvalue weighted by molar-refractivity contribution is 8.15. The highest BCUT2D eigenvalue weighted by Gasteiger charge is 2.21. The summed E-state index contributed by atoms with van der Waals surface area (Å²) in [5.41, 5.74) is 4.53. The Bertz CT molecular complexity index is 662. The average Bonchev–Trinajstić information content (AvgIpc) is 2.56. The molecule has 1 atom stereocenters. The number of hydrogen-bond donors (Lipinski definition) is 2. The number of aliphatic hydroxyl groups is 1. The van der Waals surface area contributed by atoms with Crippen molar-refractivity contribution in [3.05, 3.63) is 46.5 Å². The number of amides is 1. The van der Waals surface area contributed by atoms with E-state index in [0.717, 1.165) is 30.1 Å². The molecule has 7 heteroatoms. The number of aliphatic hydroxyl groups excluding tert-OH is 1. The lowest BCUT2D eigenvalue weighted by molar-refractivity contribution is -0.118. The van der Waals surface area contributed by atoms with Crippen molar-refractivity contribution in [2.45, 2.75) is 12.5 Å². The zero-order valence-corrected chi connectivity index (χ0v) is 14.1. The van der Waals surface area contributed by atoms with Gasteiger partial charge in [-0.2, -0.15) is 5.10 Å². The van der Waals surface area contributed by atoms with Crippen molar-refractivity contribution in [2.75, 3.05) is 25.4 Å². The van der Waals surface area contributed by atoms with Gasteiger partial charge < -0.3 is 5.11 Å². The number of benzene rings is 1. The molecule has 2 aliphatic rings. The van der Waals surface area contributed by atoms with Gasteiger partial charge in [0.1, 0.15) is 5.04 Å². The van der Waals surface area contributed by atoms with Gasteiger partial charge in [-0.15, -0.1) is 0 Å². The molecule has 0 fully saturated rings. The predicted octanol–water partition coefficient (Wildman–Crippen LogP) is 2.18. The molecule has 3 rings (SSSR count).